The molecule has 0 saturated carbocycles. The number of rotatable bonds is 14. The van der Waals surface area contributed by atoms with Crippen molar-refractivity contribution in [1.82, 2.24) is 4.31 Å². The van der Waals surface area contributed by atoms with Gasteiger partial charge in [0.05, 0.1) is 36.8 Å². The number of sulfonamides is 1. The first-order valence-electron chi connectivity index (χ1n) is 13.4. The van der Waals surface area contributed by atoms with Gasteiger partial charge in [-0.15, -0.1) is 0 Å². The number of benzene rings is 2. The summed E-state index contributed by atoms with van der Waals surface area (Å²) < 4.78 is 39.1. The van der Waals surface area contributed by atoms with E-state index in [1.807, 2.05) is 44.2 Å². The first-order valence-corrected chi connectivity index (χ1v) is 14.8. The molecule has 11 heteroatoms. The van der Waals surface area contributed by atoms with E-state index in [-0.39, 0.29) is 41.3 Å². The number of nitrogens with one attached hydrogen (secondary N) is 2. The van der Waals surface area contributed by atoms with Crippen LogP contribution >= 0.6 is 0 Å². The van der Waals surface area contributed by atoms with Crippen LogP contribution in [0.1, 0.15) is 25.8 Å². The van der Waals surface area contributed by atoms with Crippen LogP contribution in [0.25, 0.3) is 0 Å². The van der Waals surface area contributed by atoms with Gasteiger partial charge in [-0.2, -0.15) is 4.31 Å². The van der Waals surface area contributed by atoms with Crippen LogP contribution in [0, 0.1) is 5.92 Å². The van der Waals surface area contributed by atoms with Gasteiger partial charge >= 0.3 is 0 Å². The molecule has 10 nitrogen and oxygen atoms in total. The topological polar surface area (TPSA) is 134 Å². The molecule has 1 fully saturated rings. The molecule has 3 aromatic rings. The number of hydrogen-bond acceptors (Lipinski definition) is 9. The molecular weight excluding hydrogens is 534 g/mol. The number of anilines is 2. The van der Waals surface area contributed by atoms with Crippen molar-refractivity contribution in [1.29, 1.82) is 0 Å². The first-order chi connectivity index (χ1) is 19.1. The number of aliphatic hydroxyl groups excluding tert-OH is 1. The average molecular weight is 572 g/mol. The summed E-state index contributed by atoms with van der Waals surface area (Å²) in [5.74, 6) is 0.516. The molecule has 1 aliphatic rings. The number of nitrogens with zero attached hydrogens (tertiary/aromatic N) is 1. The van der Waals surface area contributed by atoms with Gasteiger partial charge < -0.3 is 25.2 Å². The molecule has 216 valence electrons. The molecule has 4 rings (SSSR count). The fourth-order valence-electron chi connectivity index (χ4n) is 4.77. The smallest absolute Gasteiger partial charge is 0.253 e. The van der Waals surface area contributed by atoms with Crippen LogP contribution < -0.4 is 26.2 Å². The Labute approximate surface area is 234 Å². The molecular formula is C29H37N3O7S. The second-order valence-corrected chi connectivity index (χ2v) is 12.5. The Morgan fingerprint density at radius 3 is 2.30 bits per heavy atom. The van der Waals surface area contributed by atoms with Crippen LogP contribution in [0.3, 0.4) is 0 Å². The van der Waals surface area contributed by atoms with Crippen LogP contribution in [0.4, 0.5) is 11.4 Å². The molecule has 3 N–H and O–H groups in total. The molecule has 0 bridgehead atoms. The fraction of sp³-hybridized carbons (Fsp3) is 0.448. The third-order valence-electron chi connectivity index (χ3n) is 6.94. The van der Waals surface area contributed by atoms with E-state index in [2.05, 4.69) is 10.6 Å². The SMILES string of the molecule is COc1ccc(S(=O)(=O)N(CC(C)C)C[C@@H](O)[C@H](Cc2ccccc2)Nc2c(N[C@@H]3CCOC3)c(=O)c2=O)cc1. The largest absolute Gasteiger partial charge is 0.497 e. The van der Waals surface area contributed by atoms with Crippen molar-refractivity contribution in [3.8, 4) is 5.75 Å². The molecule has 1 aliphatic heterocycles. The normalized spacial score (nSPS) is 17.3. The maximum atomic E-state index is 13.6. The number of ether oxygens (including phenoxy) is 2. The van der Waals surface area contributed by atoms with Gasteiger partial charge in [0.2, 0.25) is 10.0 Å². The Hall–Kier alpha value is -3.25. The average Bonchev–Trinajstić information content (AvgIpc) is 3.47. The second-order valence-electron chi connectivity index (χ2n) is 10.5. The van der Waals surface area contributed by atoms with Crippen molar-refractivity contribution in [2.75, 3.05) is 44.0 Å². The molecule has 40 heavy (non-hydrogen) atoms. The van der Waals surface area contributed by atoms with Gasteiger partial charge in [0.1, 0.15) is 17.1 Å². The van der Waals surface area contributed by atoms with Gasteiger partial charge in [-0.1, -0.05) is 44.2 Å². The minimum atomic E-state index is -3.96. The predicted octanol–water partition coefficient (Wildman–Crippen LogP) is 2.22. The summed E-state index contributed by atoms with van der Waals surface area (Å²) in [7, 11) is -2.45. The molecule has 1 heterocycles. The summed E-state index contributed by atoms with van der Waals surface area (Å²) >= 11 is 0. The lowest BCUT2D eigenvalue weighted by Crippen LogP contribution is -2.49. The van der Waals surface area contributed by atoms with Gasteiger partial charge in [0, 0.05) is 19.7 Å². The van der Waals surface area contributed by atoms with E-state index in [9.17, 15) is 23.1 Å². The van der Waals surface area contributed by atoms with E-state index < -0.39 is 33.0 Å². The molecule has 0 amide bonds. The van der Waals surface area contributed by atoms with E-state index in [1.54, 1.807) is 12.1 Å². The molecule has 0 aromatic heterocycles. The van der Waals surface area contributed by atoms with Gasteiger partial charge in [-0.3, -0.25) is 9.59 Å². The van der Waals surface area contributed by atoms with E-state index >= 15 is 0 Å². The zero-order valence-electron chi connectivity index (χ0n) is 23.0. The molecule has 0 aliphatic carbocycles. The van der Waals surface area contributed by atoms with Crippen LogP contribution in [-0.4, -0.2) is 69.4 Å². The monoisotopic (exact) mass is 571 g/mol. The van der Waals surface area contributed by atoms with Crippen molar-refractivity contribution in [2.45, 2.75) is 49.8 Å². The highest BCUT2D eigenvalue weighted by molar-refractivity contribution is 7.89. The van der Waals surface area contributed by atoms with Crippen LogP contribution in [0.2, 0.25) is 0 Å². The standard InChI is InChI=1S/C29H37N3O7S/c1-19(2)16-32(40(36,37)23-11-9-22(38-3)10-12-23)17-25(33)24(15-20-7-5-4-6-8-20)31-27-26(28(34)29(27)35)30-21-13-14-39-18-21/h4-12,19,21,24-25,30-31,33H,13-18H2,1-3H3/t21-,24+,25-/m1/s1. The van der Waals surface area contributed by atoms with Crippen LogP contribution in [0.15, 0.2) is 69.1 Å². The third-order valence-corrected chi connectivity index (χ3v) is 8.78. The maximum Gasteiger partial charge on any atom is 0.253 e. The Kier molecular flexibility index (Phi) is 9.62. The third kappa shape index (κ3) is 6.90. The second kappa shape index (κ2) is 12.9. The lowest BCUT2D eigenvalue weighted by Gasteiger charge is -2.32. The Morgan fingerprint density at radius 2 is 1.70 bits per heavy atom. The van der Waals surface area contributed by atoms with Crippen LogP contribution in [-0.2, 0) is 21.2 Å². The van der Waals surface area contributed by atoms with Crippen molar-refractivity contribution >= 4 is 21.4 Å². The fourth-order valence-corrected chi connectivity index (χ4v) is 6.39. The van der Waals surface area contributed by atoms with E-state index in [0.717, 1.165) is 5.56 Å². The number of aliphatic hydroxyl groups is 1. The van der Waals surface area contributed by atoms with Crippen molar-refractivity contribution < 1.29 is 23.0 Å². The zero-order valence-corrected chi connectivity index (χ0v) is 23.8. The quantitative estimate of drug-likeness (QED) is 0.249. The number of hydrogen-bond donors (Lipinski definition) is 3. The lowest BCUT2D eigenvalue weighted by atomic mass is 9.99. The maximum absolute atomic E-state index is 13.6. The van der Waals surface area contributed by atoms with Gasteiger partial charge in [0.25, 0.3) is 10.9 Å². The van der Waals surface area contributed by atoms with E-state index in [4.69, 9.17) is 9.47 Å². The highest BCUT2D eigenvalue weighted by Gasteiger charge is 2.33. The molecule has 3 aromatic carbocycles. The summed E-state index contributed by atoms with van der Waals surface area (Å²) in [4.78, 5) is 25.1. The van der Waals surface area contributed by atoms with E-state index in [0.29, 0.717) is 31.8 Å². The minimum absolute atomic E-state index is 0.0151. The highest BCUT2D eigenvalue weighted by Crippen LogP contribution is 2.24. The molecule has 0 radical (unpaired) electrons. The summed E-state index contributed by atoms with van der Waals surface area (Å²) in [5, 5.41) is 17.7. The molecule has 0 spiro atoms. The summed E-state index contributed by atoms with van der Waals surface area (Å²) in [6, 6.07) is 14.6. The van der Waals surface area contributed by atoms with Gasteiger partial charge in [-0.05, 0) is 48.6 Å². The highest BCUT2D eigenvalue weighted by atomic mass is 32.2. The molecule has 3 atom stereocenters. The van der Waals surface area contributed by atoms with E-state index in [1.165, 1.54) is 23.5 Å². The lowest BCUT2D eigenvalue weighted by molar-refractivity contribution is 0.122. The summed E-state index contributed by atoms with van der Waals surface area (Å²) in [6.07, 6.45) is -0.203. The molecule has 0 unspecified atom stereocenters. The Morgan fingerprint density at radius 1 is 1.02 bits per heavy atom. The zero-order chi connectivity index (χ0) is 28.9. The number of methoxy groups -OCH3 is 1. The van der Waals surface area contributed by atoms with Gasteiger partial charge in [0.15, 0.2) is 0 Å². The predicted molar refractivity (Wildman–Crippen MR) is 154 cm³/mol. The van der Waals surface area contributed by atoms with Crippen molar-refractivity contribution in [2.24, 2.45) is 5.92 Å². The molecule has 1 saturated heterocycles. The minimum Gasteiger partial charge on any atom is -0.497 e. The Bertz CT molecular complexity index is 1430. The van der Waals surface area contributed by atoms with Crippen molar-refractivity contribution in [3.63, 3.8) is 0 Å². The Balaban J connectivity index is 1.61. The summed E-state index contributed by atoms with van der Waals surface area (Å²) in [6.45, 7) is 4.76. The van der Waals surface area contributed by atoms with Gasteiger partial charge in [-0.25, -0.2) is 8.42 Å². The van der Waals surface area contributed by atoms with Crippen LogP contribution in [0.5, 0.6) is 5.75 Å². The summed E-state index contributed by atoms with van der Waals surface area (Å²) in [5.41, 5.74) is -0.131. The first kappa shape index (κ1) is 29.7. The van der Waals surface area contributed by atoms with Crippen molar-refractivity contribution in [3.05, 3.63) is 80.6 Å².